The second-order valence-corrected chi connectivity index (χ2v) is 13.6. The number of hydrogen-bond donors (Lipinski definition) is 1. The predicted molar refractivity (Wildman–Crippen MR) is 162 cm³/mol. The van der Waals surface area contributed by atoms with Gasteiger partial charge in [-0.15, -0.1) is 0 Å². The van der Waals surface area contributed by atoms with Crippen molar-refractivity contribution in [3.05, 3.63) is 92.9 Å². The first kappa shape index (κ1) is 31.7. The molecule has 3 aromatic carbocycles. The molecular weight excluding hydrogens is 593 g/mol. The Morgan fingerprint density at radius 2 is 1.48 bits per heavy atom. The summed E-state index contributed by atoms with van der Waals surface area (Å²) in [4.78, 5) is 28.5. The van der Waals surface area contributed by atoms with Crippen molar-refractivity contribution in [2.45, 2.75) is 57.6 Å². The minimum absolute atomic E-state index is 0.0201. The summed E-state index contributed by atoms with van der Waals surface area (Å²) in [6.07, 6.45) is 0. The highest BCUT2D eigenvalue weighted by Crippen LogP contribution is 2.27. The third-order valence-electron chi connectivity index (χ3n) is 6.02. The summed E-state index contributed by atoms with van der Waals surface area (Å²) >= 11 is 18.5. The van der Waals surface area contributed by atoms with Crippen LogP contribution in [0.5, 0.6) is 0 Å². The standard InChI is InChI=1S/C29H32Cl3N3O4S/c1-19-6-14-25(15-7-19)40(38,39)35(24-12-10-22(30)11-13-24)18-27(36)34(20(2)28(37)33-29(3,4)5)17-21-8-9-23(31)16-26(21)32/h6-16,20H,17-18H2,1-5H3,(H,33,37)/t20-/m1/s1. The number of carbonyl (C=O) groups excluding carboxylic acids is 2. The van der Waals surface area contributed by atoms with Gasteiger partial charge in [0.25, 0.3) is 10.0 Å². The highest BCUT2D eigenvalue weighted by atomic mass is 35.5. The SMILES string of the molecule is Cc1ccc(S(=O)(=O)N(CC(=O)N(Cc2ccc(Cl)cc2Cl)[C@H](C)C(=O)NC(C)(C)C)c2ccc(Cl)cc2)cc1. The third kappa shape index (κ3) is 8.13. The molecule has 0 unspecified atom stereocenters. The van der Waals surface area contributed by atoms with Crippen LogP contribution in [0.15, 0.2) is 71.6 Å². The van der Waals surface area contributed by atoms with Crippen molar-refractivity contribution in [1.82, 2.24) is 10.2 Å². The number of carbonyl (C=O) groups is 2. The van der Waals surface area contributed by atoms with Crippen molar-refractivity contribution in [3.8, 4) is 0 Å². The van der Waals surface area contributed by atoms with Crippen LogP contribution < -0.4 is 9.62 Å². The Balaban J connectivity index is 2.05. The van der Waals surface area contributed by atoms with Gasteiger partial charge in [-0.05, 0) is 88.7 Å². The summed E-state index contributed by atoms with van der Waals surface area (Å²) < 4.78 is 28.7. The molecule has 0 aliphatic carbocycles. The smallest absolute Gasteiger partial charge is 0.264 e. The second kappa shape index (κ2) is 12.8. The van der Waals surface area contributed by atoms with Gasteiger partial charge in [0.05, 0.1) is 10.6 Å². The lowest BCUT2D eigenvalue weighted by molar-refractivity contribution is -0.140. The number of sulfonamides is 1. The molecule has 1 N–H and O–H groups in total. The molecule has 0 aliphatic heterocycles. The third-order valence-corrected chi connectivity index (χ3v) is 8.65. The molecule has 0 fully saturated rings. The molecule has 214 valence electrons. The molecule has 7 nitrogen and oxygen atoms in total. The van der Waals surface area contributed by atoms with Crippen molar-refractivity contribution >= 4 is 62.3 Å². The van der Waals surface area contributed by atoms with E-state index in [1.54, 1.807) is 49.4 Å². The van der Waals surface area contributed by atoms with E-state index in [0.29, 0.717) is 20.6 Å². The molecule has 0 radical (unpaired) electrons. The summed E-state index contributed by atoms with van der Waals surface area (Å²) in [5.74, 6) is -1.00. The van der Waals surface area contributed by atoms with E-state index in [1.165, 1.54) is 29.2 Å². The Kier molecular flexibility index (Phi) is 10.2. The van der Waals surface area contributed by atoms with Crippen LogP contribution in [-0.2, 0) is 26.2 Å². The second-order valence-electron chi connectivity index (χ2n) is 10.5. The lowest BCUT2D eigenvalue weighted by atomic mass is 10.1. The summed E-state index contributed by atoms with van der Waals surface area (Å²) in [5.41, 5.74) is 1.13. The van der Waals surface area contributed by atoms with Crippen LogP contribution in [0.2, 0.25) is 15.1 Å². The predicted octanol–water partition coefficient (Wildman–Crippen LogP) is 6.48. The van der Waals surface area contributed by atoms with Crippen LogP contribution in [0.3, 0.4) is 0 Å². The Bertz CT molecular complexity index is 1470. The maximum absolute atomic E-state index is 14.0. The van der Waals surface area contributed by atoms with E-state index in [2.05, 4.69) is 5.32 Å². The average molecular weight is 625 g/mol. The first-order valence-corrected chi connectivity index (χ1v) is 15.1. The summed E-state index contributed by atoms with van der Waals surface area (Å²) in [6, 6.07) is 16.4. The van der Waals surface area contributed by atoms with Gasteiger partial charge in [0, 0.05) is 27.2 Å². The lowest BCUT2D eigenvalue weighted by Gasteiger charge is -2.33. The number of halogens is 3. The molecule has 3 aromatic rings. The van der Waals surface area contributed by atoms with E-state index in [0.717, 1.165) is 9.87 Å². The molecule has 0 saturated heterocycles. The molecule has 0 bridgehead atoms. The normalized spacial score (nSPS) is 12.5. The Morgan fingerprint density at radius 1 is 0.900 bits per heavy atom. The molecule has 0 aliphatic rings. The van der Waals surface area contributed by atoms with Crippen molar-refractivity contribution in [3.63, 3.8) is 0 Å². The van der Waals surface area contributed by atoms with Gasteiger partial charge < -0.3 is 10.2 Å². The maximum atomic E-state index is 14.0. The van der Waals surface area contributed by atoms with Crippen LogP contribution in [-0.4, -0.2) is 43.3 Å². The number of rotatable bonds is 9. The van der Waals surface area contributed by atoms with E-state index < -0.39 is 40.0 Å². The number of nitrogens with one attached hydrogen (secondary N) is 1. The van der Waals surface area contributed by atoms with Crippen molar-refractivity contribution in [2.24, 2.45) is 0 Å². The van der Waals surface area contributed by atoms with Crippen LogP contribution in [0.1, 0.15) is 38.8 Å². The fourth-order valence-electron chi connectivity index (χ4n) is 3.86. The molecule has 0 aromatic heterocycles. The Hall–Kier alpha value is -2.78. The highest BCUT2D eigenvalue weighted by Gasteiger charge is 2.33. The number of nitrogens with zero attached hydrogens (tertiary/aromatic N) is 2. The van der Waals surface area contributed by atoms with E-state index in [4.69, 9.17) is 34.8 Å². The van der Waals surface area contributed by atoms with Gasteiger partial charge >= 0.3 is 0 Å². The molecular formula is C29H32Cl3N3O4S. The number of benzene rings is 3. The fourth-order valence-corrected chi connectivity index (χ4v) is 5.87. The van der Waals surface area contributed by atoms with Crippen LogP contribution in [0.25, 0.3) is 0 Å². The number of hydrogen-bond acceptors (Lipinski definition) is 4. The Morgan fingerprint density at radius 3 is 2.02 bits per heavy atom. The van der Waals surface area contributed by atoms with E-state index in [-0.39, 0.29) is 17.1 Å². The van der Waals surface area contributed by atoms with Crippen LogP contribution in [0.4, 0.5) is 5.69 Å². The number of amides is 2. The number of anilines is 1. The van der Waals surface area contributed by atoms with E-state index in [1.807, 2.05) is 27.7 Å². The van der Waals surface area contributed by atoms with Crippen molar-refractivity contribution in [2.75, 3.05) is 10.8 Å². The van der Waals surface area contributed by atoms with Gasteiger partial charge in [0.2, 0.25) is 11.8 Å². The van der Waals surface area contributed by atoms with Crippen molar-refractivity contribution < 1.29 is 18.0 Å². The fraction of sp³-hybridized carbons (Fsp3) is 0.310. The molecule has 2 amide bonds. The molecule has 1 atom stereocenters. The maximum Gasteiger partial charge on any atom is 0.264 e. The first-order valence-electron chi connectivity index (χ1n) is 12.5. The van der Waals surface area contributed by atoms with E-state index in [9.17, 15) is 18.0 Å². The molecule has 0 spiro atoms. The lowest BCUT2D eigenvalue weighted by Crippen LogP contribution is -2.54. The molecule has 3 rings (SSSR count). The molecule has 40 heavy (non-hydrogen) atoms. The summed E-state index contributed by atoms with van der Waals surface area (Å²) in [7, 11) is -4.18. The minimum atomic E-state index is -4.18. The number of aryl methyl sites for hydroxylation is 1. The Labute approximate surface area is 251 Å². The highest BCUT2D eigenvalue weighted by molar-refractivity contribution is 7.92. The van der Waals surface area contributed by atoms with Gasteiger partial charge in [-0.2, -0.15) is 0 Å². The quantitative estimate of drug-likeness (QED) is 0.295. The van der Waals surface area contributed by atoms with Gasteiger partial charge in [-0.3, -0.25) is 13.9 Å². The van der Waals surface area contributed by atoms with Crippen LogP contribution >= 0.6 is 34.8 Å². The zero-order chi connectivity index (χ0) is 29.8. The summed E-state index contributed by atoms with van der Waals surface area (Å²) in [5, 5.41) is 4.03. The van der Waals surface area contributed by atoms with Crippen molar-refractivity contribution in [1.29, 1.82) is 0 Å². The minimum Gasteiger partial charge on any atom is -0.350 e. The topological polar surface area (TPSA) is 86.8 Å². The summed E-state index contributed by atoms with van der Waals surface area (Å²) in [6.45, 7) is 8.30. The van der Waals surface area contributed by atoms with Gasteiger partial charge in [-0.25, -0.2) is 8.42 Å². The van der Waals surface area contributed by atoms with Gasteiger partial charge in [0.1, 0.15) is 12.6 Å². The van der Waals surface area contributed by atoms with Crippen LogP contribution in [0, 0.1) is 6.92 Å². The first-order chi connectivity index (χ1) is 18.6. The zero-order valence-corrected chi connectivity index (χ0v) is 26.0. The zero-order valence-electron chi connectivity index (χ0n) is 22.9. The average Bonchev–Trinajstić information content (AvgIpc) is 2.86. The van der Waals surface area contributed by atoms with E-state index >= 15 is 0 Å². The molecule has 0 heterocycles. The van der Waals surface area contributed by atoms with Gasteiger partial charge in [-0.1, -0.05) is 58.6 Å². The van der Waals surface area contributed by atoms with Gasteiger partial charge in [0.15, 0.2) is 0 Å². The molecule has 0 saturated carbocycles. The largest absolute Gasteiger partial charge is 0.350 e. The monoisotopic (exact) mass is 623 g/mol. The molecule has 11 heteroatoms.